The van der Waals surface area contributed by atoms with Gasteiger partial charge in [0.1, 0.15) is 0 Å². The molecule has 0 heterocycles. The maximum absolute atomic E-state index is 8.52. The summed E-state index contributed by atoms with van der Waals surface area (Å²) in [5, 5.41) is 0. The molecule has 25 heteroatoms. The van der Waals surface area contributed by atoms with E-state index in [4.69, 9.17) is 83.9 Å². The summed E-state index contributed by atoms with van der Waals surface area (Å²) < 4.78 is 144. The minimum atomic E-state index is -2.60. The van der Waals surface area contributed by atoms with E-state index in [-0.39, 0.29) is 20.1 Å². The first-order chi connectivity index (χ1) is 10.4. The molecule has 0 spiro atoms. The van der Waals surface area contributed by atoms with Gasteiger partial charge in [-0.15, -0.1) is 0 Å². The van der Waals surface area contributed by atoms with Gasteiger partial charge in [0.2, 0.25) is 0 Å². The minimum absolute atomic E-state index is 0. The zero-order valence-corrected chi connectivity index (χ0v) is 17.1. The number of halogens is 6. The Morgan fingerprint density at radius 2 is 0.280 bits per heavy atom. The van der Waals surface area contributed by atoms with Crippen molar-refractivity contribution in [1.82, 2.24) is 0 Å². The van der Waals surface area contributed by atoms with Crippen LogP contribution in [0, 0.1) is 64.7 Å². The first-order valence-corrected chi connectivity index (χ1v) is 8.60. The molecule has 0 atom stereocenters. The molecule has 0 rings (SSSR count). The van der Waals surface area contributed by atoms with E-state index < -0.39 is 64.7 Å². The molecule has 0 saturated heterocycles. The Labute approximate surface area is 168 Å². The Hall–Kier alpha value is 1.67. The van der Waals surface area contributed by atoms with Gasteiger partial charge in [0.25, 0.3) is 64.7 Å². The fourth-order valence-corrected chi connectivity index (χ4v) is 0. The molecule has 6 N–H and O–H groups in total. The summed E-state index contributed by atoms with van der Waals surface area (Å²) in [5.74, 6) is 0. The maximum Gasteiger partial charge on any atom is 0.282 e. The van der Waals surface area contributed by atoms with Crippen LogP contribution in [0.5, 0.6) is 0 Å². The Morgan fingerprint density at radius 1 is 0.280 bits per heavy atom. The Balaban J connectivity index is -0.0000000309. The van der Waals surface area contributed by atoms with Gasteiger partial charge in [-0.3, -0.25) is 0 Å². The third-order valence-corrected chi connectivity index (χ3v) is 0. The summed E-state index contributed by atoms with van der Waals surface area (Å²) in [5.41, 5.74) is 0. The third kappa shape index (κ3) is 5160. The molecule has 0 amide bonds. The molecule has 0 aliphatic rings. The van der Waals surface area contributed by atoms with E-state index in [1.54, 1.807) is 0 Å². The van der Waals surface area contributed by atoms with Gasteiger partial charge in [-0.05, 0) is 0 Å². The van der Waals surface area contributed by atoms with Gasteiger partial charge in [-0.2, -0.15) is 0 Å². The molecule has 165 valence electrons. The summed E-state index contributed by atoms with van der Waals surface area (Å²) >= 11 is 0. The predicted molar refractivity (Wildman–Crippen MR) is 13.3 cm³/mol. The standard InChI is InChI=1S/6ClHO3.Ir/c6*2-1(3)4;/h6*2H;. The van der Waals surface area contributed by atoms with Crippen LogP contribution in [0.4, 0.5) is 0 Å². The second-order valence-corrected chi connectivity index (χ2v) is 3.62. The van der Waals surface area contributed by atoms with E-state index in [9.17, 15) is 0 Å². The second kappa shape index (κ2) is 40.4. The molecule has 0 saturated carbocycles. The first-order valence-electron chi connectivity index (χ1n) is 2.87. The smallest absolute Gasteiger partial charge is 0.282 e. The van der Waals surface area contributed by atoms with Crippen LogP contribution in [-0.2, 0) is 20.1 Å². The van der Waals surface area contributed by atoms with Gasteiger partial charge in [0, 0.05) is 48.1 Å². The Morgan fingerprint density at radius 3 is 0.280 bits per heavy atom. The van der Waals surface area contributed by atoms with Gasteiger partial charge < -0.3 is 55.9 Å². The molecule has 0 aromatic carbocycles. The zero-order valence-electron chi connectivity index (χ0n) is 10.2. The van der Waals surface area contributed by atoms with Crippen LogP contribution in [0.15, 0.2) is 0 Å². The third-order valence-electron chi connectivity index (χ3n) is 0. The normalized spacial score (nSPS) is 8.64. The van der Waals surface area contributed by atoms with Gasteiger partial charge in [-0.25, -0.2) is 0 Å². The molecule has 0 aromatic rings. The molecular formula is H6Cl6IrO18. The minimum Gasteiger partial charge on any atom is -0.321 e. The average Bonchev–Trinajstić information content (AvgIpc) is 2.08. The molecular weight excluding hydrogens is 693 g/mol. The SMILES string of the molecule is [Ir].[O-][Cl+2]([O-])O.[O-][Cl+2]([O-])O.[O-][Cl+2]([O-])O.[O-][Cl+2]([O-])O.[O-][Cl+2]([O-])O.[O-][Cl+2]([O-])O. The van der Waals surface area contributed by atoms with Crippen molar-refractivity contribution < 1.29 is 169 Å². The van der Waals surface area contributed by atoms with Crippen molar-refractivity contribution >= 4 is 0 Å². The van der Waals surface area contributed by atoms with Crippen molar-refractivity contribution in [3.63, 3.8) is 0 Å². The summed E-state index contributed by atoms with van der Waals surface area (Å²) in [6.45, 7) is 0. The Kier molecular flexibility index (Phi) is 73.4. The van der Waals surface area contributed by atoms with Crippen LogP contribution in [0.3, 0.4) is 0 Å². The molecule has 0 aliphatic carbocycles. The summed E-state index contributed by atoms with van der Waals surface area (Å²) in [6.07, 6.45) is 0. The second-order valence-electron chi connectivity index (χ2n) is 1.21. The first kappa shape index (κ1) is 45.4. The van der Waals surface area contributed by atoms with Gasteiger partial charge >= 0.3 is 0 Å². The van der Waals surface area contributed by atoms with E-state index in [1.165, 1.54) is 0 Å². The number of hydrogen-bond donors (Lipinski definition) is 6. The van der Waals surface area contributed by atoms with Crippen molar-refractivity contribution in [1.29, 1.82) is 0 Å². The van der Waals surface area contributed by atoms with Gasteiger partial charge in [0.15, 0.2) is 0 Å². The Bertz CT molecular complexity index is 101. The average molecular weight is 699 g/mol. The molecule has 0 aliphatic heterocycles. The van der Waals surface area contributed by atoms with Crippen molar-refractivity contribution in [2.24, 2.45) is 0 Å². The molecule has 25 heavy (non-hydrogen) atoms. The zero-order chi connectivity index (χ0) is 21.5. The number of rotatable bonds is 0. The molecule has 1 radical (unpaired) electrons. The van der Waals surface area contributed by atoms with Crippen molar-refractivity contribution in [3.05, 3.63) is 0 Å². The van der Waals surface area contributed by atoms with E-state index in [0.29, 0.717) is 0 Å². The fourth-order valence-electron chi connectivity index (χ4n) is 0. The van der Waals surface area contributed by atoms with Crippen LogP contribution < -0.4 is 55.9 Å². The van der Waals surface area contributed by atoms with Crippen LogP contribution >= 0.6 is 0 Å². The van der Waals surface area contributed by atoms with Crippen LogP contribution in [-0.4, -0.2) is 28.0 Å². The van der Waals surface area contributed by atoms with Crippen molar-refractivity contribution in [3.8, 4) is 0 Å². The van der Waals surface area contributed by atoms with Crippen molar-refractivity contribution in [2.75, 3.05) is 0 Å². The van der Waals surface area contributed by atoms with Crippen LogP contribution in [0.25, 0.3) is 0 Å². The molecule has 0 aromatic heterocycles. The quantitative estimate of drug-likeness (QED) is 0.137. The van der Waals surface area contributed by atoms with Crippen molar-refractivity contribution in [2.45, 2.75) is 0 Å². The largest absolute Gasteiger partial charge is 0.321 e. The fraction of sp³-hybridized carbons (Fsp3) is 0. The van der Waals surface area contributed by atoms with E-state index in [1.807, 2.05) is 0 Å². The van der Waals surface area contributed by atoms with E-state index in [2.05, 4.69) is 0 Å². The summed E-state index contributed by atoms with van der Waals surface area (Å²) in [6, 6.07) is 0. The van der Waals surface area contributed by atoms with E-state index in [0.717, 1.165) is 0 Å². The monoisotopic (exact) mass is 697 g/mol. The number of hydrogen-bond acceptors (Lipinski definition) is 18. The maximum atomic E-state index is 8.52. The summed E-state index contributed by atoms with van der Waals surface area (Å²) in [4.78, 5) is 0. The van der Waals surface area contributed by atoms with Crippen LogP contribution in [0.1, 0.15) is 0 Å². The molecule has 0 unspecified atom stereocenters. The molecule has 18 nitrogen and oxygen atoms in total. The topological polar surface area (TPSA) is 398 Å². The molecule has 0 fully saturated rings. The summed E-state index contributed by atoms with van der Waals surface area (Å²) in [7, 11) is -15.6. The van der Waals surface area contributed by atoms with Gasteiger partial charge in [0.05, 0.1) is 0 Å². The van der Waals surface area contributed by atoms with Crippen LogP contribution in [0.2, 0.25) is 0 Å². The molecule has 0 bridgehead atoms. The van der Waals surface area contributed by atoms with Gasteiger partial charge in [-0.1, -0.05) is 0 Å². The van der Waals surface area contributed by atoms with E-state index >= 15 is 0 Å². The predicted octanol–water partition coefficient (Wildman–Crippen LogP) is -17.6.